The molecule has 108 valence electrons. The topological polar surface area (TPSA) is 38.1 Å². The SMILES string of the molecule is C/C=C(\C(C)=NC)c1ccc(-c2cc(C)c(C)nn2)cc1. The first-order valence-corrected chi connectivity index (χ1v) is 7.08. The highest BCUT2D eigenvalue weighted by molar-refractivity contribution is 6.22. The fourth-order valence-corrected chi connectivity index (χ4v) is 2.21. The molecule has 0 atom stereocenters. The molecule has 0 N–H and O–H groups in total. The quantitative estimate of drug-likeness (QED) is 0.788. The first-order chi connectivity index (χ1) is 10.1. The second kappa shape index (κ2) is 6.44. The normalized spacial score (nSPS) is 12.6. The molecule has 0 saturated heterocycles. The number of aryl methyl sites for hydroxylation is 2. The van der Waals surface area contributed by atoms with Gasteiger partial charge < -0.3 is 0 Å². The minimum absolute atomic E-state index is 0.910. The predicted molar refractivity (Wildman–Crippen MR) is 89.6 cm³/mol. The highest BCUT2D eigenvalue weighted by Gasteiger charge is 2.06. The molecule has 1 aromatic heterocycles. The van der Waals surface area contributed by atoms with Gasteiger partial charge in [-0.25, -0.2) is 0 Å². The van der Waals surface area contributed by atoms with Crippen LogP contribution in [0.3, 0.4) is 0 Å². The summed E-state index contributed by atoms with van der Waals surface area (Å²) in [6.07, 6.45) is 2.09. The summed E-state index contributed by atoms with van der Waals surface area (Å²) >= 11 is 0. The largest absolute Gasteiger partial charge is 0.293 e. The van der Waals surface area contributed by atoms with Gasteiger partial charge in [0, 0.05) is 18.3 Å². The van der Waals surface area contributed by atoms with Crippen molar-refractivity contribution < 1.29 is 0 Å². The van der Waals surface area contributed by atoms with Crippen LogP contribution in [0.25, 0.3) is 16.8 Å². The molecular formula is C18H21N3. The van der Waals surface area contributed by atoms with E-state index in [1.807, 2.05) is 27.8 Å². The second-order valence-electron chi connectivity index (χ2n) is 5.09. The third kappa shape index (κ3) is 3.24. The molecule has 1 aromatic carbocycles. The number of aliphatic imine (C=N–C) groups is 1. The predicted octanol–water partition coefficient (Wildman–Crippen LogP) is 4.25. The molecule has 3 heteroatoms. The van der Waals surface area contributed by atoms with Crippen LogP contribution >= 0.6 is 0 Å². The summed E-state index contributed by atoms with van der Waals surface area (Å²) in [5, 5.41) is 8.46. The summed E-state index contributed by atoms with van der Waals surface area (Å²) < 4.78 is 0. The molecule has 0 fully saturated rings. The van der Waals surface area contributed by atoms with Gasteiger partial charge in [-0.05, 0) is 50.5 Å². The van der Waals surface area contributed by atoms with Crippen LogP contribution in [0.2, 0.25) is 0 Å². The lowest BCUT2D eigenvalue weighted by atomic mass is 9.99. The molecule has 0 amide bonds. The Morgan fingerprint density at radius 1 is 1.10 bits per heavy atom. The summed E-state index contributed by atoms with van der Waals surface area (Å²) in [4.78, 5) is 4.26. The fraction of sp³-hybridized carbons (Fsp3) is 0.278. The Balaban J connectivity index is 2.37. The molecule has 3 nitrogen and oxygen atoms in total. The number of nitrogens with zero attached hydrogens (tertiary/aromatic N) is 3. The van der Waals surface area contributed by atoms with Crippen LogP contribution in [0.5, 0.6) is 0 Å². The Morgan fingerprint density at radius 2 is 1.76 bits per heavy atom. The molecule has 0 unspecified atom stereocenters. The number of hydrogen-bond acceptors (Lipinski definition) is 3. The average Bonchev–Trinajstić information content (AvgIpc) is 2.51. The van der Waals surface area contributed by atoms with Crippen LogP contribution in [0, 0.1) is 13.8 Å². The van der Waals surface area contributed by atoms with Gasteiger partial charge >= 0.3 is 0 Å². The van der Waals surface area contributed by atoms with E-state index in [1.54, 1.807) is 0 Å². The summed E-state index contributed by atoms with van der Waals surface area (Å²) in [5.41, 5.74) is 7.49. The molecule has 21 heavy (non-hydrogen) atoms. The lowest BCUT2D eigenvalue weighted by Gasteiger charge is -2.08. The molecule has 0 aliphatic carbocycles. The standard InChI is InChI=1S/C18H21N3/c1-6-17(14(4)19-5)15-7-9-16(10-8-15)18-11-12(2)13(3)20-21-18/h6-11H,1-5H3/b17-6+,19-14?. The number of hydrogen-bond donors (Lipinski definition) is 0. The number of benzene rings is 1. The maximum atomic E-state index is 4.27. The molecule has 0 bridgehead atoms. The van der Waals surface area contributed by atoms with Crippen molar-refractivity contribution in [1.82, 2.24) is 10.2 Å². The van der Waals surface area contributed by atoms with Crippen LogP contribution in [-0.4, -0.2) is 23.0 Å². The summed E-state index contributed by atoms with van der Waals surface area (Å²) in [6, 6.07) is 10.5. The van der Waals surface area contributed by atoms with Gasteiger partial charge in [-0.2, -0.15) is 10.2 Å². The average molecular weight is 279 g/mol. The summed E-state index contributed by atoms with van der Waals surface area (Å²) in [7, 11) is 1.82. The van der Waals surface area contributed by atoms with Gasteiger partial charge in [-0.15, -0.1) is 0 Å². The molecule has 2 rings (SSSR count). The van der Waals surface area contributed by atoms with Gasteiger partial charge in [0.2, 0.25) is 0 Å². The highest BCUT2D eigenvalue weighted by atomic mass is 15.1. The molecule has 0 spiro atoms. The Bertz CT molecular complexity index is 695. The number of aromatic nitrogens is 2. The third-order valence-electron chi connectivity index (χ3n) is 3.74. The zero-order valence-electron chi connectivity index (χ0n) is 13.3. The van der Waals surface area contributed by atoms with Crippen LogP contribution in [-0.2, 0) is 0 Å². The van der Waals surface area contributed by atoms with Crippen molar-refractivity contribution in [3.05, 3.63) is 53.2 Å². The number of allylic oxidation sites excluding steroid dienone is 2. The van der Waals surface area contributed by atoms with Crippen LogP contribution in [0.15, 0.2) is 41.4 Å². The van der Waals surface area contributed by atoms with E-state index < -0.39 is 0 Å². The Hall–Kier alpha value is -2.29. The van der Waals surface area contributed by atoms with Gasteiger partial charge in [0.25, 0.3) is 0 Å². The van der Waals surface area contributed by atoms with Crippen molar-refractivity contribution >= 4 is 11.3 Å². The monoisotopic (exact) mass is 279 g/mol. The third-order valence-corrected chi connectivity index (χ3v) is 3.74. The van der Waals surface area contributed by atoms with E-state index in [4.69, 9.17) is 0 Å². The second-order valence-corrected chi connectivity index (χ2v) is 5.09. The Labute approximate surface area is 126 Å². The van der Waals surface area contributed by atoms with E-state index in [0.29, 0.717) is 0 Å². The van der Waals surface area contributed by atoms with Crippen molar-refractivity contribution in [2.24, 2.45) is 4.99 Å². The minimum atomic E-state index is 0.910. The summed E-state index contributed by atoms with van der Waals surface area (Å²) in [5.74, 6) is 0. The van der Waals surface area contributed by atoms with E-state index in [0.717, 1.165) is 33.8 Å². The first kappa shape index (κ1) is 15.1. The fourth-order valence-electron chi connectivity index (χ4n) is 2.21. The number of rotatable bonds is 3. The zero-order chi connectivity index (χ0) is 15.4. The highest BCUT2D eigenvalue weighted by Crippen LogP contribution is 2.22. The van der Waals surface area contributed by atoms with Gasteiger partial charge in [-0.3, -0.25) is 4.99 Å². The molecular weight excluding hydrogens is 258 g/mol. The van der Waals surface area contributed by atoms with Crippen LogP contribution < -0.4 is 0 Å². The molecule has 2 aromatic rings. The molecule has 0 radical (unpaired) electrons. The van der Waals surface area contributed by atoms with Gasteiger partial charge in [0.1, 0.15) is 0 Å². The van der Waals surface area contributed by atoms with Gasteiger partial charge in [0.05, 0.1) is 11.4 Å². The zero-order valence-corrected chi connectivity index (χ0v) is 13.3. The minimum Gasteiger partial charge on any atom is -0.293 e. The van der Waals surface area contributed by atoms with Crippen molar-refractivity contribution in [2.45, 2.75) is 27.7 Å². The molecule has 0 aliphatic rings. The lowest BCUT2D eigenvalue weighted by molar-refractivity contribution is 0.968. The lowest BCUT2D eigenvalue weighted by Crippen LogP contribution is -1.97. The van der Waals surface area contributed by atoms with Crippen molar-refractivity contribution in [3.63, 3.8) is 0 Å². The Morgan fingerprint density at radius 3 is 2.29 bits per heavy atom. The van der Waals surface area contributed by atoms with E-state index in [9.17, 15) is 0 Å². The van der Waals surface area contributed by atoms with E-state index in [2.05, 4.69) is 58.5 Å². The molecule has 1 heterocycles. The van der Waals surface area contributed by atoms with Gasteiger partial charge in [0.15, 0.2) is 0 Å². The smallest absolute Gasteiger partial charge is 0.0932 e. The van der Waals surface area contributed by atoms with Crippen LogP contribution in [0.4, 0.5) is 0 Å². The maximum Gasteiger partial charge on any atom is 0.0932 e. The van der Waals surface area contributed by atoms with Crippen LogP contribution in [0.1, 0.15) is 30.7 Å². The van der Waals surface area contributed by atoms with Crippen molar-refractivity contribution in [3.8, 4) is 11.3 Å². The van der Waals surface area contributed by atoms with E-state index >= 15 is 0 Å². The van der Waals surface area contributed by atoms with Gasteiger partial charge in [-0.1, -0.05) is 30.3 Å². The first-order valence-electron chi connectivity index (χ1n) is 7.08. The van der Waals surface area contributed by atoms with Crippen molar-refractivity contribution in [1.29, 1.82) is 0 Å². The molecule has 0 aliphatic heterocycles. The summed E-state index contributed by atoms with van der Waals surface area (Å²) in [6.45, 7) is 8.09. The maximum absolute atomic E-state index is 4.27. The van der Waals surface area contributed by atoms with Crippen molar-refractivity contribution in [2.75, 3.05) is 7.05 Å². The Kier molecular flexibility index (Phi) is 4.63. The molecule has 0 saturated carbocycles. The van der Waals surface area contributed by atoms with E-state index in [-0.39, 0.29) is 0 Å². The van der Waals surface area contributed by atoms with E-state index in [1.165, 1.54) is 5.56 Å².